The van der Waals surface area contributed by atoms with Gasteiger partial charge < -0.3 is 16.6 Å². The minimum absolute atomic E-state index is 0.138. The van der Waals surface area contributed by atoms with Crippen LogP contribution in [0, 0.1) is 0 Å². The molecule has 1 rings (SSSR count). The van der Waals surface area contributed by atoms with Crippen LogP contribution in [0.5, 0.6) is 5.75 Å². The summed E-state index contributed by atoms with van der Waals surface area (Å²) in [6.07, 6.45) is -3.76. The Bertz CT molecular complexity index is 509. The topological polar surface area (TPSA) is 97.0 Å². The van der Waals surface area contributed by atoms with Gasteiger partial charge >= 0.3 is 6.18 Å². The number of phenols is 1. The van der Waals surface area contributed by atoms with Crippen LogP contribution in [0.1, 0.15) is 11.1 Å². The van der Waals surface area contributed by atoms with Gasteiger partial charge in [-0.2, -0.15) is 18.3 Å². The van der Waals surface area contributed by atoms with Crippen molar-refractivity contribution in [2.24, 2.45) is 21.7 Å². The molecular weight excluding hydrogens is 317 g/mol. The normalized spacial score (nSPS) is 11.8. The largest absolute Gasteiger partial charge is 0.507 e. The fourth-order valence-electron chi connectivity index (χ4n) is 1.09. The predicted octanol–water partition coefficient (Wildman–Crippen LogP) is 1.78. The monoisotopic (exact) mass is 324 g/mol. The van der Waals surface area contributed by atoms with E-state index in [4.69, 9.17) is 11.5 Å². The van der Waals surface area contributed by atoms with E-state index in [2.05, 4.69) is 26.1 Å². The van der Waals surface area contributed by atoms with E-state index >= 15 is 0 Å². The Morgan fingerprint density at radius 2 is 1.94 bits per heavy atom. The minimum Gasteiger partial charge on any atom is -0.507 e. The van der Waals surface area contributed by atoms with Gasteiger partial charge in [-0.15, -0.1) is 5.10 Å². The third-order valence-electron chi connectivity index (χ3n) is 1.78. The van der Waals surface area contributed by atoms with Gasteiger partial charge in [-0.25, -0.2) is 0 Å². The molecule has 0 saturated heterocycles. The van der Waals surface area contributed by atoms with E-state index in [-0.39, 0.29) is 16.0 Å². The molecule has 0 heterocycles. The van der Waals surface area contributed by atoms with Crippen molar-refractivity contribution in [1.29, 1.82) is 0 Å². The average molecular weight is 325 g/mol. The van der Waals surface area contributed by atoms with Crippen LogP contribution in [0.15, 0.2) is 26.8 Å². The van der Waals surface area contributed by atoms with E-state index in [1.54, 1.807) is 0 Å². The summed E-state index contributed by atoms with van der Waals surface area (Å²) in [4.78, 5) is 0. The molecule has 0 radical (unpaired) electrons. The lowest BCUT2D eigenvalue weighted by molar-refractivity contribution is -0.138. The van der Waals surface area contributed by atoms with Gasteiger partial charge in [-0.3, -0.25) is 0 Å². The second-order valence-electron chi connectivity index (χ2n) is 3.16. The first kappa shape index (κ1) is 14.3. The van der Waals surface area contributed by atoms with E-state index in [1.807, 2.05) is 0 Å². The van der Waals surface area contributed by atoms with Crippen molar-refractivity contribution in [2.75, 3.05) is 0 Å². The zero-order valence-corrected chi connectivity index (χ0v) is 10.3. The van der Waals surface area contributed by atoms with Gasteiger partial charge in [-0.1, -0.05) is 15.9 Å². The van der Waals surface area contributed by atoms with Gasteiger partial charge in [0.1, 0.15) is 5.75 Å². The maximum absolute atomic E-state index is 12.6. The summed E-state index contributed by atoms with van der Waals surface area (Å²) in [5, 5.41) is 16.0. The maximum Gasteiger partial charge on any atom is 0.420 e. The summed E-state index contributed by atoms with van der Waals surface area (Å²) in [6, 6.07) is 2.00. The highest BCUT2D eigenvalue weighted by molar-refractivity contribution is 9.10. The Hall–Kier alpha value is -1.77. The Morgan fingerprint density at radius 1 is 1.33 bits per heavy atom. The quantitative estimate of drug-likeness (QED) is 0.439. The van der Waals surface area contributed by atoms with Crippen LogP contribution < -0.4 is 11.5 Å². The fraction of sp³-hybridized carbons (Fsp3) is 0.111. The molecular formula is C9H8BrF3N4O. The molecule has 0 aliphatic heterocycles. The van der Waals surface area contributed by atoms with Crippen molar-refractivity contribution in [3.05, 3.63) is 27.7 Å². The molecule has 5 nitrogen and oxygen atoms in total. The number of guanidine groups is 1. The fourth-order valence-corrected chi connectivity index (χ4v) is 1.57. The van der Waals surface area contributed by atoms with Gasteiger partial charge in [0.05, 0.1) is 11.8 Å². The van der Waals surface area contributed by atoms with Gasteiger partial charge in [-0.05, 0) is 12.1 Å². The zero-order chi connectivity index (χ0) is 13.9. The predicted molar refractivity (Wildman–Crippen MR) is 64.2 cm³/mol. The van der Waals surface area contributed by atoms with Crippen molar-refractivity contribution in [3.63, 3.8) is 0 Å². The number of phenolic OH excluding ortho intramolecular Hbond substituents is 1. The molecule has 0 aliphatic rings. The lowest BCUT2D eigenvalue weighted by Gasteiger charge is -2.11. The molecule has 9 heteroatoms. The molecule has 0 atom stereocenters. The van der Waals surface area contributed by atoms with Gasteiger partial charge in [0.25, 0.3) is 0 Å². The van der Waals surface area contributed by atoms with Crippen LogP contribution in [-0.4, -0.2) is 17.3 Å². The van der Waals surface area contributed by atoms with Crippen LogP contribution in [0.2, 0.25) is 0 Å². The van der Waals surface area contributed by atoms with E-state index in [9.17, 15) is 18.3 Å². The van der Waals surface area contributed by atoms with Gasteiger partial charge in [0.15, 0.2) is 0 Å². The molecule has 98 valence electrons. The molecule has 0 spiro atoms. The van der Waals surface area contributed by atoms with Crippen molar-refractivity contribution in [2.45, 2.75) is 6.18 Å². The molecule has 0 bridgehead atoms. The third-order valence-corrected chi connectivity index (χ3v) is 2.24. The van der Waals surface area contributed by atoms with Gasteiger partial charge in [0, 0.05) is 10.0 Å². The Labute approximate surface area is 108 Å². The second-order valence-corrected chi connectivity index (χ2v) is 4.07. The van der Waals surface area contributed by atoms with Crippen LogP contribution in [0.4, 0.5) is 13.2 Å². The van der Waals surface area contributed by atoms with Crippen molar-refractivity contribution in [1.82, 2.24) is 0 Å². The van der Waals surface area contributed by atoms with Crippen molar-refractivity contribution < 1.29 is 18.3 Å². The smallest absolute Gasteiger partial charge is 0.420 e. The minimum atomic E-state index is -4.67. The van der Waals surface area contributed by atoms with E-state index < -0.39 is 17.5 Å². The number of hydrogen-bond donors (Lipinski definition) is 3. The summed E-state index contributed by atoms with van der Waals surface area (Å²) in [5.41, 5.74) is 8.63. The number of alkyl halides is 3. The van der Waals surface area contributed by atoms with Crippen molar-refractivity contribution >= 4 is 28.1 Å². The Kier molecular flexibility index (Phi) is 4.17. The lowest BCUT2D eigenvalue weighted by Crippen LogP contribution is -2.21. The molecule has 0 unspecified atom stereocenters. The number of aromatic hydroxyl groups is 1. The molecule has 0 aromatic heterocycles. The summed E-state index contributed by atoms with van der Waals surface area (Å²) >= 11 is 2.90. The van der Waals surface area contributed by atoms with Crippen molar-refractivity contribution in [3.8, 4) is 5.75 Å². The maximum atomic E-state index is 12.6. The number of rotatable bonds is 2. The van der Waals surface area contributed by atoms with Crippen LogP contribution >= 0.6 is 15.9 Å². The highest BCUT2D eigenvalue weighted by atomic mass is 79.9. The highest BCUT2D eigenvalue weighted by Gasteiger charge is 2.35. The number of nitrogens with two attached hydrogens (primary N) is 2. The summed E-state index contributed by atoms with van der Waals surface area (Å²) in [7, 11) is 0. The summed E-state index contributed by atoms with van der Waals surface area (Å²) in [5.74, 6) is -1.29. The SMILES string of the molecule is NC(N)=NN=Cc1cc(Br)cc(C(F)(F)F)c1O. The van der Waals surface area contributed by atoms with Gasteiger partial charge in [0.2, 0.25) is 5.96 Å². The van der Waals surface area contributed by atoms with Crippen LogP contribution in [-0.2, 0) is 6.18 Å². The zero-order valence-electron chi connectivity index (χ0n) is 8.74. The first-order chi connectivity index (χ1) is 8.21. The molecule has 0 amide bonds. The molecule has 1 aromatic rings. The molecule has 18 heavy (non-hydrogen) atoms. The molecule has 5 N–H and O–H groups in total. The summed E-state index contributed by atoms with van der Waals surface area (Å²) in [6.45, 7) is 0. The molecule has 0 saturated carbocycles. The third kappa shape index (κ3) is 3.62. The highest BCUT2D eigenvalue weighted by Crippen LogP contribution is 2.38. The number of halogens is 4. The summed E-state index contributed by atoms with van der Waals surface area (Å²) < 4.78 is 37.8. The number of benzene rings is 1. The van der Waals surface area contributed by atoms with E-state index in [0.29, 0.717) is 0 Å². The number of hydrogen-bond acceptors (Lipinski definition) is 3. The van der Waals surface area contributed by atoms with Crippen LogP contribution in [0.25, 0.3) is 0 Å². The lowest BCUT2D eigenvalue weighted by atomic mass is 10.1. The van der Waals surface area contributed by atoms with E-state index in [1.165, 1.54) is 6.07 Å². The Morgan fingerprint density at radius 3 is 2.44 bits per heavy atom. The van der Waals surface area contributed by atoms with E-state index in [0.717, 1.165) is 12.3 Å². The molecule has 0 fully saturated rings. The Balaban J connectivity index is 3.26. The molecule has 1 aromatic carbocycles. The second kappa shape index (κ2) is 5.25. The van der Waals surface area contributed by atoms with Crippen LogP contribution in [0.3, 0.4) is 0 Å². The molecule has 0 aliphatic carbocycles. The first-order valence-electron chi connectivity index (χ1n) is 4.43. The standard InChI is InChI=1S/C9H8BrF3N4O/c10-5-1-4(3-16-17-8(14)15)7(18)6(2-5)9(11,12)13/h1-3,18H,(H4,14,15,17). The number of nitrogens with zero attached hydrogens (tertiary/aromatic N) is 2. The first-order valence-corrected chi connectivity index (χ1v) is 5.23. The average Bonchev–Trinajstić information content (AvgIpc) is 2.20.